The standard InChI is InChI=1S/C18H16ClN3O4S/c1-11-4-3-5-15-16(11)21(8-9-26-2)18(27-15)20-17(23)13-10-12(19)6-7-14(13)22(24)25/h3-7,10H,8-9H2,1-2H3. The molecule has 0 aliphatic heterocycles. The normalized spacial score (nSPS) is 11.9. The van der Waals surface area contributed by atoms with Crippen LogP contribution in [0.25, 0.3) is 10.2 Å². The van der Waals surface area contributed by atoms with Crippen LogP contribution in [0.1, 0.15) is 15.9 Å². The fraction of sp³-hybridized carbons (Fsp3) is 0.222. The fourth-order valence-electron chi connectivity index (χ4n) is 2.77. The molecule has 0 aliphatic carbocycles. The van der Waals surface area contributed by atoms with Crippen molar-refractivity contribution in [2.45, 2.75) is 13.5 Å². The first-order valence-electron chi connectivity index (χ1n) is 8.03. The van der Waals surface area contributed by atoms with Crippen LogP contribution in [0, 0.1) is 17.0 Å². The number of carbonyl (C=O) groups excluding carboxylic acids is 1. The molecule has 3 aromatic rings. The van der Waals surface area contributed by atoms with Crippen LogP contribution in [0.2, 0.25) is 5.02 Å². The molecule has 0 fully saturated rings. The third kappa shape index (κ3) is 3.92. The first kappa shape index (κ1) is 19.2. The van der Waals surface area contributed by atoms with Crippen LogP contribution in [0.3, 0.4) is 0 Å². The molecule has 1 aromatic heterocycles. The second-order valence-corrected chi connectivity index (χ2v) is 7.23. The van der Waals surface area contributed by atoms with Gasteiger partial charge in [0.2, 0.25) is 0 Å². The summed E-state index contributed by atoms with van der Waals surface area (Å²) in [7, 11) is 1.60. The Labute approximate surface area is 163 Å². The predicted octanol–water partition coefficient (Wildman–Crippen LogP) is 3.96. The number of aryl methyl sites for hydroxylation is 1. The SMILES string of the molecule is COCCn1c(=NC(=O)c2cc(Cl)ccc2[N+](=O)[O-])sc2cccc(C)c21. The largest absolute Gasteiger partial charge is 0.383 e. The van der Waals surface area contributed by atoms with Crippen molar-refractivity contribution in [3.05, 3.63) is 67.5 Å². The van der Waals surface area contributed by atoms with Crippen molar-refractivity contribution in [3.8, 4) is 0 Å². The molecule has 0 spiro atoms. The van der Waals surface area contributed by atoms with Crippen molar-refractivity contribution in [1.29, 1.82) is 0 Å². The maximum Gasteiger partial charge on any atom is 0.286 e. The molecular weight excluding hydrogens is 390 g/mol. The van der Waals surface area contributed by atoms with Crippen LogP contribution in [0.5, 0.6) is 0 Å². The molecule has 0 atom stereocenters. The van der Waals surface area contributed by atoms with Gasteiger partial charge < -0.3 is 9.30 Å². The maximum atomic E-state index is 12.7. The fourth-order valence-corrected chi connectivity index (χ4v) is 4.07. The lowest BCUT2D eigenvalue weighted by atomic mass is 10.2. The molecule has 9 heteroatoms. The van der Waals surface area contributed by atoms with E-state index in [1.165, 1.54) is 29.5 Å². The number of para-hydroxylation sites is 1. The first-order valence-corrected chi connectivity index (χ1v) is 9.22. The number of rotatable bonds is 5. The van der Waals surface area contributed by atoms with Gasteiger partial charge in [0.15, 0.2) is 4.80 Å². The Morgan fingerprint density at radius 2 is 2.15 bits per heavy atom. The van der Waals surface area contributed by atoms with Gasteiger partial charge in [-0.2, -0.15) is 4.99 Å². The van der Waals surface area contributed by atoms with Gasteiger partial charge in [-0.25, -0.2) is 0 Å². The molecule has 1 amide bonds. The number of hydrogen-bond donors (Lipinski definition) is 0. The van der Waals surface area contributed by atoms with E-state index >= 15 is 0 Å². The van der Waals surface area contributed by atoms with Crippen molar-refractivity contribution in [2.24, 2.45) is 4.99 Å². The van der Waals surface area contributed by atoms with E-state index in [2.05, 4.69) is 4.99 Å². The van der Waals surface area contributed by atoms with Crippen LogP contribution in [0.15, 0.2) is 41.4 Å². The van der Waals surface area contributed by atoms with E-state index in [-0.39, 0.29) is 16.3 Å². The van der Waals surface area contributed by atoms with Gasteiger partial charge in [-0.1, -0.05) is 35.1 Å². The van der Waals surface area contributed by atoms with Crippen molar-refractivity contribution >= 4 is 44.7 Å². The number of amides is 1. The number of aromatic nitrogens is 1. The van der Waals surface area contributed by atoms with Gasteiger partial charge in [0.25, 0.3) is 11.6 Å². The number of hydrogen-bond acceptors (Lipinski definition) is 5. The Morgan fingerprint density at radius 1 is 1.37 bits per heavy atom. The Kier molecular flexibility index (Phi) is 5.69. The third-order valence-electron chi connectivity index (χ3n) is 4.00. The maximum absolute atomic E-state index is 12.7. The highest BCUT2D eigenvalue weighted by atomic mass is 35.5. The number of fused-ring (bicyclic) bond motifs is 1. The quantitative estimate of drug-likeness (QED) is 0.474. The summed E-state index contributed by atoms with van der Waals surface area (Å²) in [6.07, 6.45) is 0. The highest BCUT2D eigenvalue weighted by molar-refractivity contribution is 7.16. The second-order valence-electron chi connectivity index (χ2n) is 5.79. The minimum Gasteiger partial charge on any atom is -0.383 e. The molecule has 0 saturated carbocycles. The molecular formula is C18H16ClN3O4S. The molecule has 0 saturated heterocycles. The smallest absolute Gasteiger partial charge is 0.286 e. The van der Waals surface area contributed by atoms with Crippen LogP contribution in [0.4, 0.5) is 5.69 Å². The van der Waals surface area contributed by atoms with E-state index in [0.29, 0.717) is 18.0 Å². The Morgan fingerprint density at radius 3 is 2.85 bits per heavy atom. The zero-order valence-corrected chi connectivity index (χ0v) is 16.2. The van der Waals surface area contributed by atoms with E-state index in [4.69, 9.17) is 16.3 Å². The topological polar surface area (TPSA) is 86.7 Å². The predicted molar refractivity (Wildman–Crippen MR) is 104 cm³/mol. The van der Waals surface area contributed by atoms with Gasteiger partial charge in [-0.05, 0) is 30.7 Å². The number of carbonyl (C=O) groups is 1. The van der Waals surface area contributed by atoms with E-state index in [0.717, 1.165) is 15.8 Å². The lowest BCUT2D eigenvalue weighted by Crippen LogP contribution is -2.20. The number of benzene rings is 2. The number of nitrogens with zero attached hydrogens (tertiary/aromatic N) is 3. The lowest BCUT2D eigenvalue weighted by Gasteiger charge is -2.06. The Balaban J connectivity index is 2.19. The van der Waals surface area contributed by atoms with E-state index in [9.17, 15) is 14.9 Å². The number of methoxy groups -OCH3 is 1. The number of nitro benzene ring substituents is 1. The molecule has 140 valence electrons. The number of ether oxygens (including phenoxy) is 1. The van der Waals surface area contributed by atoms with Crippen LogP contribution in [-0.4, -0.2) is 29.1 Å². The minimum absolute atomic E-state index is 0.139. The Hall–Kier alpha value is -2.55. The number of nitro groups is 1. The van der Waals surface area contributed by atoms with Crippen LogP contribution >= 0.6 is 22.9 Å². The average Bonchev–Trinajstić information content (AvgIpc) is 2.97. The molecule has 0 bridgehead atoms. The molecule has 27 heavy (non-hydrogen) atoms. The summed E-state index contributed by atoms with van der Waals surface area (Å²) in [5.41, 5.74) is 1.54. The zero-order chi connectivity index (χ0) is 19.6. The molecule has 0 unspecified atom stereocenters. The van der Waals surface area contributed by atoms with Crippen molar-refractivity contribution in [3.63, 3.8) is 0 Å². The van der Waals surface area contributed by atoms with Gasteiger partial charge in [0.05, 0.1) is 21.7 Å². The average molecular weight is 406 g/mol. The van der Waals surface area contributed by atoms with Crippen molar-refractivity contribution < 1.29 is 14.5 Å². The highest BCUT2D eigenvalue weighted by Gasteiger charge is 2.21. The molecule has 0 aliphatic rings. The summed E-state index contributed by atoms with van der Waals surface area (Å²) in [6, 6.07) is 9.70. The molecule has 1 heterocycles. The monoisotopic (exact) mass is 405 g/mol. The third-order valence-corrected chi connectivity index (χ3v) is 5.28. The zero-order valence-electron chi connectivity index (χ0n) is 14.6. The van der Waals surface area contributed by atoms with Crippen LogP contribution in [-0.2, 0) is 11.3 Å². The summed E-state index contributed by atoms with van der Waals surface area (Å²) >= 11 is 7.26. The van der Waals surface area contributed by atoms with E-state index in [1.807, 2.05) is 29.7 Å². The van der Waals surface area contributed by atoms with Gasteiger partial charge >= 0.3 is 0 Å². The summed E-state index contributed by atoms with van der Waals surface area (Å²) in [5, 5.41) is 11.5. The second kappa shape index (κ2) is 7.99. The van der Waals surface area contributed by atoms with E-state index in [1.54, 1.807) is 7.11 Å². The molecule has 2 aromatic carbocycles. The van der Waals surface area contributed by atoms with Gasteiger partial charge in [-0.15, -0.1) is 0 Å². The Bertz CT molecular complexity index is 1100. The summed E-state index contributed by atoms with van der Waals surface area (Å²) in [5.74, 6) is -0.709. The van der Waals surface area contributed by atoms with Gasteiger partial charge in [-0.3, -0.25) is 14.9 Å². The van der Waals surface area contributed by atoms with Crippen molar-refractivity contribution in [1.82, 2.24) is 4.57 Å². The lowest BCUT2D eigenvalue weighted by molar-refractivity contribution is -0.385. The van der Waals surface area contributed by atoms with E-state index < -0.39 is 10.8 Å². The molecule has 0 N–H and O–H groups in total. The van der Waals surface area contributed by atoms with Crippen LogP contribution < -0.4 is 4.80 Å². The molecule has 0 radical (unpaired) electrons. The highest BCUT2D eigenvalue weighted by Crippen LogP contribution is 2.24. The van der Waals surface area contributed by atoms with Gasteiger partial charge in [0, 0.05) is 24.7 Å². The first-order chi connectivity index (χ1) is 12.9. The molecule has 7 nitrogen and oxygen atoms in total. The number of halogens is 1. The molecule has 3 rings (SSSR count). The van der Waals surface area contributed by atoms with Crippen molar-refractivity contribution in [2.75, 3.05) is 13.7 Å². The summed E-state index contributed by atoms with van der Waals surface area (Å²) in [6.45, 7) is 2.93. The summed E-state index contributed by atoms with van der Waals surface area (Å²) in [4.78, 5) is 27.9. The minimum atomic E-state index is -0.709. The summed E-state index contributed by atoms with van der Waals surface area (Å²) < 4.78 is 8.03. The van der Waals surface area contributed by atoms with Gasteiger partial charge in [0.1, 0.15) is 5.56 Å². The number of thiazole rings is 1.